The molecule has 20 heavy (non-hydrogen) atoms. The second-order valence-corrected chi connectivity index (χ2v) is 7.70. The van der Waals surface area contributed by atoms with E-state index in [0.29, 0.717) is 0 Å². The molecule has 0 saturated carbocycles. The molecule has 102 valence electrons. The van der Waals surface area contributed by atoms with Gasteiger partial charge in [0.05, 0.1) is 0 Å². The smallest absolute Gasteiger partial charge is 0.151 e. The van der Waals surface area contributed by atoms with E-state index in [-0.39, 0.29) is 0 Å². The fourth-order valence-electron chi connectivity index (χ4n) is 2.13. The van der Waals surface area contributed by atoms with Crippen LogP contribution in [0.15, 0.2) is 52.1 Å². The van der Waals surface area contributed by atoms with Crippen LogP contribution in [0.5, 0.6) is 0 Å². The minimum atomic E-state index is 0.997. The first-order valence-corrected chi connectivity index (χ1v) is 11.2. The third kappa shape index (κ3) is 2.75. The summed E-state index contributed by atoms with van der Waals surface area (Å²) in [4.78, 5) is 5.80. The van der Waals surface area contributed by atoms with Gasteiger partial charge in [0.1, 0.15) is 0 Å². The molecule has 0 amide bonds. The summed E-state index contributed by atoms with van der Waals surface area (Å²) in [6.07, 6.45) is 6.09. The number of nitrogens with zero attached hydrogens (tertiary/aromatic N) is 2. The van der Waals surface area contributed by atoms with Crippen LogP contribution in [0, 0.1) is 0 Å². The van der Waals surface area contributed by atoms with Gasteiger partial charge in [-0.25, -0.2) is 4.98 Å². The van der Waals surface area contributed by atoms with E-state index < -0.39 is 0 Å². The van der Waals surface area contributed by atoms with E-state index in [1.807, 2.05) is 6.20 Å². The lowest BCUT2D eigenvalue weighted by atomic mass is 10.1. The molecule has 2 aromatic heterocycles. The number of hydrogen-bond acceptors (Lipinski definition) is 3. The van der Waals surface area contributed by atoms with Crippen LogP contribution in [0.4, 0.5) is 0 Å². The van der Waals surface area contributed by atoms with Gasteiger partial charge in [-0.05, 0) is 45.9 Å². The van der Waals surface area contributed by atoms with Crippen LogP contribution >= 0.6 is 58.0 Å². The van der Waals surface area contributed by atoms with Crippen molar-refractivity contribution in [1.82, 2.24) is 8.96 Å². The number of pyridine rings is 1. The van der Waals surface area contributed by atoms with Gasteiger partial charge in [0.25, 0.3) is 0 Å². The maximum Gasteiger partial charge on any atom is 0.151 e. The Bertz CT molecular complexity index is 773. The second-order valence-electron chi connectivity index (χ2n) is 4.19. The quantitative estimate of drug-likeness (QED) is 0.339. The monoisotopic (exact) mass is 476 g/mol. The molecule has 3 aromatic rings. The number of aromatic nitrogens is 2. The van der Waals surface area contributed by atoms with Crippen LogP contribution < -0.4 is 0 Å². The van der Waals surface area contributed by atoms with E-state index in [1.165, 1.54) is 21.4 Å². The minimum Gasteiger partial charge on any atom is -0.265 e. The number of halogens is 2. The maximum atomic E-state index is 4.53. The second kappa shape index (κ2) is 6.29. The highest BCUT2D eigenvalue weighted by molar-refractivity contribution is 14.2. The van der Waals surface area contributed by atoms with Gasteiger partial charge >= 0.3 is 0 Å². The lowest BCUT2D eigenvalue weighted by molar-refractivity contribution is 1.26. The molecule has 2 nitrogen and oxygen atoms in total. The van der Waals surface area contributed by atoms with E-state index in [9.17, 15) is 0 Å². The first kappa shape index (κ1) is 14.7. The van der Waals surface area contributed by atoms with Crippen molar-refractivity contribution in [2.24, 2.45) is 0 Å². The van der Waals surface area contributed by atoms with Crippen LogP contribution in [0.25, 0.3) is 22.2 Å². The Balaban J connectivity index is 2.26. The lowest BCUT2D eigenvalue weighted by Gasteiger charge is -2.02. The topological polar surface area (TPSA) is 17.8 Å². The first-order chi connectivity index (χ1) is 9.72. The van der Waals surface area contributed by atoms with E-state index in [0.717, 1.165) is 10.1 Å². The molecule has 0 aliphatic rings. The zero-order valence-electron chi connectivity index (χ0n) is 10.5. The lowest BCUT2D eigenvalue weighted by Crippen LogP contribution is -1.82. The van der Waals surface area contributed by atoms with Crippen molar-refractivity contribution >= 4 is 69.0 Å². The van der Waals surface area contributed by atoms with Crippen molar-refractivity contribution < 1.29 is 0 Å². The third-order valence-corrected chi connectivity index (χ3v) is 5.89. The van der Waals surface area contributed by atoms with Gasteiger partial charge in [0.2, 0.25) is 0 Å². The summed E-state index contributed by atoms with van der Waals surface area (Å²) in [5.74, 6) is 0. The van der Waals surface area contributed by atoms with E-state index in [1.54, 1.807) is 20.9 Å². The van der Waals surface area contributed by atoms with Gasteiger partial charge < -0.3 is 0 Å². The summed E-state index contributed by atoms with van der Waals surface area (Å²) < 4.78 is 3.10. The molecule has 0 unspecified atom stereocenters. The molecule has 0 saturated heterocycles. The van der Waals surface area contributed by atoms with Gasteiger partial charge in [-0.3, -0.25) is 3.97 Å². The van der Waals surface area contributed by atoms with Gasteiger partial charge in [-0.2, -0.15) is 0 Å². The maximum absolute atomic E-state index is 4.53. The molecule has 0 radical (unpaired) electrons. The molecule has 0 atom stereocenters. The largest absolute Gasteiger partial charge is 0.265 e. The minimum absolute atomic E-state index is 0.997. The number of hydrogen-bond donors (Lipinski definition) is 0. The normalized spacial score (nSPS) is 11.2. The Labute approximate surface area is 146 Å². The van der Waals surface area contributed by atoms with Crippen LogP contribution in [0.2, 0.25) is 0 Å². The van der Waals surface area contributed by atoms with Crippen LogP contribution in [0.3, 0.4) is 0 Å². The fraction of sp³-hybridized carbons (Fsp3) is 0.0714. The standard InChI is InChI=1S/C14H10BrIN2S2/c1-19-11-4-2-3-9(5-11)13-8-18(20-16)14-12(13)6-10(15)7-17-14/h2-8H,1H3. The van der Waals surface area contributed by atoms with E-state index in [2.05, 4.69) is 88.9 Å². The van der Waals surface area contributed by atoms with Gasteiger partial charge in [0, 0.05) is 63.0 Å². The van der Waals surface area contributed by atoms with Crippen molar-refractivity contribution in [3.05, 3.63) is 47.2 Å². The van der Waals surface area contributed by atoms with Crippen LogP contribution in [0.1, 0.15) is 0 Å². The zero-order chi connectivity index (χ0) is 14.1. The number of rotatable bonds is 3. The number of benzene rings is 1. The summed E-state index contributed by atoms with van der Waals surface area (Å²) in [5, 5.41) is 1.17. The van der Waals surface area contributed by atoms with Crippen molar-refractivity contribution in [1.29, 1.82) is 0 Å². The molecular formula is C14H10BrIN2S2. The van der Waals surface area contributed by atoms with E-state index >= 15 is 0 Å². The average molecular weight is 477 g/mol. The average Bonchev–Trinajstić information content (AvgIpc) is 2.85. The molecule has 3 rings (SSSR count). The first-order valence-electron chi connectivity index (χ1n) is 5.83. The molecule has 0 bridgehead atoms. The molecule has 2 heterocycles. The molecule has 0 aliphatic carbocycles. The summed E-state index contributed by atoms with van der Waals surface area (Å²) in [6, 6.07) is 10.7. The molecule has 6 heteroatoms. The van der Waals surface area contributed by atoms with Crippen molar-refractivity contribution in [3.8, 4) is 11.1 Å². The summed E-state index contributed by atoms with van der Waals surface area (Å²) in [7, 11) is 1.63. The van der Waals surface area contributed by atoms with Crippen molar-refractivity contribution in [2.45, 2.75) is 4.90 Å². The summed E-state index contributed by atoms with van der Waals surface area (Å²) in [5.41, 5.74) is 3.44. The molecule has 1 aromatic carbocycles. The SMILES string of the molecule is CSc1cccc(-c2cn(SI)c3ncc(Br)cc23)c1. The van der Waals surface area contributed by atoms with Crippen molar-refractivity contribution in [3.63, 3.8) is 0 Å². The Morgan fingerprint density at radius 1 is 1.30 bits per heavy atom. The highest BCUT2D eigenvalue weighted by Crippen LogP contribution is 2.35. The number of thioether (sulfide) groups is 1. The molecule has 0 N–H and O–H groups in total. The van der Waals surface area contributed by atoms with Crippen LogP contribution in [-0.4, -0.2) is 15.2 Å². The van der Waals surface area contributed by atoms with E-state index in [4.69, 9.17) is 0 Å². The zero-order valence-corrected chi connectivity index (χ0v) is 15.9. The predicted octanol–water partition coefficient (Wildman–Crippen LogP) is 6.03. The molecule has 0 fully saturated rings. The molecule has 0 spiro atoms. The van der Waals surface area contributed by atoms with Gasteiger partial charge in [-0.1, -0.05) is 12.1 Å². The Kier molecular flexibility index (Phi) is 4.64. The van der Waals surface area contributed by atoms with Gasteiger partial charge in [-0.15, -0.1) is 11.8 Å². The Morgan fingerprint density at radius 3 is 2.90 bits per heavy atom. The highest BCUT2D eigenvalue weighted by atomic mass is 127. The summed E-state index contributed by atoms with van der Waals surface area (Å²) >= 11 is 7.55. The van der Waals surface area contributed by atoms with Gasteiger partial charge in [0.15, 0.2) is 5.65 Å². The molecular weight excluding hydrogens is 467 g/mol. The third-order valence-electron chi connectivity index (χ3n) is 3.03. The molecule has 0 aliphatic heterocycles. The Morgan fingerprint density at radius 2 is 2.15 bits per heavy atom. The number of fused-ring (bicyclic) bond motifs is 1. The summed E-state index contributed by atoms with van der Waals surface area (Å²) in [6.45, 7) is 0. The fourth-order valence-corrected chi connectivity index (χ4v) is 4.17. The Hall–Kier alpha value is -0.180. The van der Waals surface area contributed by atoms with Crippen LogP contribution in [-0.2, 0) is 0 Å². The van der Waals surface area contributed by atoms with Crippen molar-refractivity contribution in [2.75, 3.05) is 6.26 Å². The predicted molar refractivity (Wildman–Crippen MR) is 102 cm³/mol. The highest BCUT2D eigenvalue weighted by Gasteiger charge is 2.12.